The van der Waals surface area contributed by atoms with Crippen molar-refractivity contribution in [2.45, 2.75) is 25.3 Å². The van der Waals surface area contributed by atoms with Gasteiger partial charge in [-0.15, -0.1) is 0 Å². The molecular weight excluding hydrogens is 181 g/mol. The van der Waals surface area contributed by atoms with Gasteiger partial charge in [0.05, 0.1) is 7.11 Å². The second-order valence-electron chi connectivity index (χ2n) is 3.64. The molecule has 0 amide bonds. The van der Waals surface area contributed by atoms with Crippen LogP contribution in [0.25, 0.3) is 0 Å². The minimum atomic E-state index is -0.157. The summed E-state index contributed by atoms with van der Waals surface area (Å²) in [4.78, 5) is 0. The van der Waals surface area contributed by atoms with Crippen LogP contribution in [0.4, 0.5) is 4.39 Å². The van der Waals surface area contributed by atoms with Crippen molar-refractivity contribution in [1.82, 2.24) is 0 Å². The van der Waals surface area contributed by atoms with E-state index in [1.165, 1.54) is 6.07 Å². The molecule has 0 radical (unpaired) electrons. The van der Waals surface area contributed by atoms with Crippen molar-refractivity contribution in [3.8, 4) is 5.75 Å². The molecule has 0 fully saturated rings. The van der Waals surface area contributed by atoms with Crippen LogP contribution in [0.5, 0.6) is 5.75 Å². The Labute approximate surface area is 82.9 Å². The molecule has 2 rings (SSSR count). The van der Waals surface area contributed by atoms with Crippen LogP contribution in [0.3, 0.4) is 0 Å². The molecule has 0 aromatic heterocycles. The molecule has 1 unspecified atom stereocenters. The number of methoxy groups -OCH3 is 1. The molecule has 2 nitrogen and oxygen atoms in total. The van der Waals surface area contributed by atoms with Crippen LogP contribution in [0.1, 0.15) is 30.0 Å². The number of nitrogens with two attached hydrogens (primary N) is 1. The normalized spacial score (nSPS) is 20.4. The Morgan fingerprint density at radius 3 is 3.00 bits per heavy atom. The van der Waals surface area contributed by atoms with Crippen LogP contribution >= 0.6 is 0 Å². The van der Waals surface area contributed by atoms with Gasteiger partial charge >= 0.3 is 0 Å². The van der Waals surface area contributed by atoms with Crippen molar-refractivity contribution in [3.05, 3.63) is 29.1 Å². The Bertz CT molecular complexity index is 351. The third kappa shape index (κ3) is 1.38. The molecule has 1 aliphatic rings. The smallest absolute Gasteiger partial charge is 0.127 e. The highest BCUT2D eigenvalue weighted by atomic mass is 19.1. The first-order chi connectivity index (χ1) is 6.74. The predicted octanol–water partition coefficient (Wildman–Crippen LogP) is 2.17. The van der Waals surface area contributed by atoms with Crippen LogP contribution in [0, 0.1) is 5.82 Å². The molecule has 1 atom stereocenters. The minimum Gasteiger partial charge on any atom is -0.496 e. The summed E-state index contributed by atoms with van der Waals surface area (Å²) in [6.07, 6.45) is 2.64. The van der Waals surface area contributed by atoms with Gasteiger partial charge in [-0.3, -0.25) is 0 Å². The lowest BCUT2D eigenvalue weighted by Gasteiger charge is -2.24. The van der Waals surface area contributed by atoms with Crippen LogP contribution in [0.15, 0.2) is 12.1 Å². The fraction of sp³-hybridized carbons (Fsp3) is 0.455. The molecule has 14 heavy (non-hydrogen) atoms. The number of hydrogen-bond acceptors (Lipinski definition) is 2. The first kappa shape index (κ1) is 9.46. The maximum Gasteiger partial charge on any atom is 0.127 e. The van der Waals surface area contributed by atoms with Gasteiger partial charge in [0.15, 0.2) is 0 Å². The number of halogens is 1. The summed E-state index contributed by atoms with van der Waals surface area (Å²) in [7, 11) is 1.59. The lowest BCUT2D eigenvalue weighted by molar-refractivity contribution is 0.395. The minimum absolute atomic E-state index is 0.0793. The van der Waals surface area contributed by atoms with Gasteiger partial charge in [0.1, 0.15) is 11.6 Å². The number of hydrogen-bond donors (Lipinski definition) is 1. The summed E-state index contributed by atoms with van der Waals surface area (Å²) >= 11 is 0. The van der Waals surface area contributed by atoms with Crippen molar-refractivity contribution < 1.29 is 9.13 Å². The summed E-state index contributed by atoms with van der Waals surface area (Å²) in [6.45, 7) is 0. The van der Waals surface area contributed by atoms with Crippen LogP contribution < -0.4 is 10.5 Å². The molecule has 0 saturated heterocycles. The van der Waals surface area contributed by atoms with Crippen LogP contribution in [-0.4, -0.2) is 7.11 Å². The van der Waals surface area contributed by atoms with Gasteiger partial charge in [-0.2, -0.15) is 0 Å². The van der Waals surface area contributed by atoms with E-state index in [0.29, 0.717) is 5.75 Å². The van der Waals surface area contributed by atoms with E-state index in [-0.39, 0.29) is 11.9 Å². The largest absolute Gasteiger partial charge is 0.496 e. The predicted molar refractivity (Wildman–Crippen MR) is 52.8 cm³/mol. The average Bonchev–Trinajstić information content (AvgIpc) is 2.20. The van der Waals surface area contributed by atoms with Crippen molar-refractivity contribution in [2.75, 3.05) is 7.11 Å². The number of fused-ring (bicyclic) bond motifs is 1. The van der Waals surface area contributed by atoms with E-state index < -0.39 is 0 Å². The standard InChI is InChI=1S/C11H14FNO/c1-14-10-6-5-8(12)7-3-2-4-9(13)11(7)10/h5-6,9H,2-4,13H2,1H3. The molecule has 0 heterocycles. The van der Waals surface area contributed by atoms with E-state index in [9.17, 15) is 4.39 Å². The van der Waals surface area contributed by atoms with E-state index in [1.807, 2.05) is 0 Å². The molecule has 1 aromatic carbocycles. The molecule has 2 N–H and O–H groups in total. The van der Waals surface area contributed by atoms with Crippen LogP contribution in [0.2, 0.25) is 0 Å². The van der Waals surface area contributed by atoms with E-state index in [1.54, 1.807) is 13.2 Å². The van der Waals surface area contributed by atoms with E-state index in [2.05, 4.69) is 0 Å². The third-order valence-electron chi connectivity index (χ3n) is 2.79. The van der Waals surface area contributed by atoms with Gasteiger partial charge in [-0.25, -0.2) is 4.39 Å². The Balaban J connectivity index is 2.58. The Kier molecular flexibility index (Phi) is 2.42. The molecular formula is C11H14FNO. The van der Waals surface area contributed by atoms with Gasteiger partial charge in [-0.1, -0.05) is 0 Å². The summed E-state index contributed by atoms with van der Waals surface area (Å²) in [6, 6.07) is 3.03. The Hall–Kier alpha value is -1.09. The molecule has 0 bridgehead atoms. The summed E-state index contributed by atoms with van der Waals surface area (Å²) in [5.41, 5.74) is 7.54. The maximum absolute atomic E-state index is 13.4. The topological polar surface area (TPSA) is 35.2 Å². The summed E-state index contributed by atoms with van der Waals surface area (Å²) in [5.74, 6) is 0.560. The zero-order valence-electron chi connectivity index (χ0n) is 8.22. The molecule has 0 saturated carbocycles. The van der Waals surface area contributed by atoms with E-state index >= 15 is 0 Å². The highest BCUT2D eigenvalue weighted by Crippen LogP contribution is 2.36. The fourth-order valence-electron chi connectivity index (χ4n) is 2.10. The lowest BCUT2D eigenvalue weighted by atomic mass is 9.87. The monoisotopic (exact) mass is 195 g/mol. The zero-order chi connectivity index (χ0) is 10.1. The fourth-order valence-corrected chi connectivity index (χ4v) is 2.10. The highest BCUT2D eigenvalue weighted by Gasteiger charge is 2.23. The molecule has 1 aliphatic carbocycles. The summed E-state index contributed by atoms with van der Waals surface area (Å²) < 4.78 is 18.6. The second kappa shape index (κ2) is 3.58. The maximum atomic E-state index is 13.4. The van der Waals surface area contributed by atoms with Gasteiger partial charge in [0.25, 0.3) is 0 Å². The average molecular weight is 195 g/mol. The SMILES string of the molecule is COc1ccc(F)c2c1C(N)CCC2. The molecule has 0 aliphatic heterocycles. The number of rotatable bonds is 1. The second-order valence-corrected chi connectivity index (χ2v) is 3.64. The first-order valence-corrected chi connectivity index (χ1v) is 4.85. The van der Waals surface area contributed by atoms with Gasteiger partial charge < -0.3 is 10.5 Å². The van der Waals surface area contributed by atoms with E-state index in [0.717, 1.165) is 30.4 Å². The molecule has 0 spiro atoms. The van der Waals surface area contributed by atoms with Crippen molar-refractivity contribution in [3.63, 3.8) is 0 Å². The Morgan fingerprint density at radius 2 is 2.29 bits per heavy atom. The third-order valence-corrected chi connectivity index (χ3v) is 2.79. The van der Waals surface area contributed by atoms with Gasteiger partial charge in [0.2, 0.25) is 0 Å². The number of ether oxygens (including phenoxy) is 1. The molecule has 1 aromatic rings. The molecule has 3 heteroatoms. The van der Waals surface area contributed by atoms with Crippen LogP contribution in [-0.2, 0) is 6.42 Å². The molecule has 76 valence electrons. The summed E-state index contributed by atoms with van der Waals surface area (Å²) in [5, 5.41) is 0. The number of benzene rings is 1. The lowest BCUT2D eigenvalue weighted by Crippen LogP contribution is -2.19. The zero-order valence-corrected chi connectivity index (χ0v) is 8.22. The van der Waals surface area contributed by atoms with Gasteiger partial charge in [0, 0.05) is 11.6 Å². The van der Waals surface area contributed by atoms with Gasteiger partial charge in [-0.05, 0) is 37.0 Å². The quantitative estimate of drug-likeness (QED) is 0.745. The first-order valence-electron chi connectivity index (χ1n) is 4.85. The van der Waals surface area contributed by atoms with Crippen molar-refractivity contribution >= 4 is 0 Å². The highest BCUT2D eigenvalue weighted by molar-refractivity contribution is 5.44. The Morgan fingerprint density at radius 1 is 1.50 bits per heavy atom. The van der Waals surface area contributed by atoms with Crippen molar-refractivity contribution in [1.29, 1.82) is 0 Å². The van der Waals surface area contributed by atoms with Crippen molar-refractivity contribution in [2.24, 2.45) is 5.73 Å². The van der Waals surface area contributed by atoms with E-state index in [4.69, 9.17) is 10.5 Å².